The number of aromatic amines is 1. The first-order valence-corrected chi connectivity index (χ1v) is 6.12. The Morgan fingerprint density at radius 3 is 2.75 bits per heavy atom. The highest BCUT2D eigenvalue weighted by atomic mass is 16.5. The van der Waals surface area contributed by atoms with Crippen LogP contribution >= 0.6 is 0 Å². The number of urea groups is 1. The van der Waals surface area contributed by atoms with E-state index >= 15 is 0 Å². The molecule has 20 heavy (non-hydrogen) atoms. The van der Waals surface area contributed by atoms with Gasteiger partial charge in [-0.1, -0.05) is 0 Å². The van der Waals surface area contributed by atoms with Crippen molar-refractivity contribution in [3.8, 4) is 0 Å². The molecule has 0 aliphatic heterocycles. The minimum Gasteiger partial charge on any atom is -0.480 e. The number of carbonyl (C=O) groups is 2. The van der Waals surface area contributed by atoms with Crippen LogP contribution in [0.15, 0.2) is 12.5 Å². The number of rotatable bonds is 7. The lowest BCUT2D eigenvalue weighted by Gasteiger charge is -2.26. The third-order valence-electron chi connectivity index (χ3n) is 2.54. The summed E-state index contributed by atoms with van der Waals surface area (Å²) in [7, 11) is 1.53. The Morgan fingerprint density at radius 1 is 1.55 bits per heavy atom. The van der Waals surface area contributed by atoms with Gasteiger partial charge in [0, 0.05) is 25.4 Å². The van der Waals surface area contributed by atoms with E-state index in [0.29, 0.717) is 12.3 Å². The summed E-state index contributed by atoms with van der Waals surface area (Å²) in [6.45, 7) is 3.88. The monoisotopic (exact) mass is 284 g/mol. The maximum Gasteiger partial charge on any atom is 0.326 e. The molecule has 112 valence electrons. The van der Waals surface area contributed by atoms with Gasteiger partial charge >= 0.3 is 12.0 Å². The van der Waals surface area contributed by atoms with Crippen LogP contribution in [0.1, 0.15) is 19.5 Å². The van der Waals surface area contributed by atoms with Gasteiger partial charge in [-0.2, -0.15) is 0 Å². The fraction of sp³-hybridized carbons (Fsp3) is 0.583. The van der Waals surface area contributed by atoms with Crippen molar-refractivity contribution in [2.75, 3.05) is 13.7 Å². The van der Waals surface area contributed by atoms with E-state index in [1.165, 1.54) is 19.6 Å². The van der Waals surface area contributed by atoms with E-state index in [-0.39, 0.29) is 6.42 Å². The number of nitrogens with zero attached hydrogens (tertiary/aromatic N) is 1. The minimum atomic E-state index is -1.11. The molecule has 0 saturated heterocycles. The van der Waals surface area contributed by atoms with E-state index in [4.69, 9.17) is 9.84 Å². The van der Waals surface area contributed by atoms with Crippen molar-refractivity contribution >= 4 is 12.0 Å². The van der Waals surface area contributed by atoms with E-state index in [9.17, 15) is 9.59 Å². The van der Waals surface area contributed by atoms with Crippen LogP contribution in [0.5, 0.6) is 0 Å². The van der Waals surface area contributed by atoms with Crippen LogP contribution in [-0.2, 0) is 16.0 Å². The van der Waals surface area contributed by atoms with Gasteiger partial charge in [0.1, 0.15) is 6.04 Å². The molecule has 0 aliphatic carbocycles. The first kappa shape index (κ1) is 16.0. The summed E-state index contributed by atoms with van der Waals surface area (Å²) >= 11 is 0. The molecule has 0 fully saturated rings. The largest absolute Gasteiger partial charge is 0.480 e. The Bertz CT molecular complexity index is 444. The number of carboxylic acids is 1. The average Bonchev–Trinajstić information content (AvgIpc) is 2.79. The molecule has 2 amide bonds. The molecular weight excluding hydrogens is 264 g/mol. The number of amides is 2. The van der Waals surface area contributed by atoms with Crippen molar-refractivity contribution in [2.24, 2.45) is 0 Å². The lowest BCUT2D eigenvalue weighted by atomic mass is 10.1. The summed E-state index contributed by atoms with van der Waals surface area (Å²) in [6.07, 6.45) is 3.11. The highest BCUT2D eigenvalue weighted by Crippen LogP contribution is 2.03. The molecule has 1 rings (SSSR count). The van der Waals surface area contributed by atoms with E-state index in [2.05, 4.69) is 20.6 Å². The van der Waals surface area contributed by atoms with E-state index < -0.39 is 23.6 Å². The van der Waals surface area contributed by atoms with Crippen molar-refractivity contribution in [2.45, 2.75) is 31.8 Å². The molecule has 1 atom stereocenters. The molecule has 1 aromatic rings. The fourth-order valence-corrected chi connectivity index (χ4v) is 1.71. The van der Waals surface area contributed by atoms with Gasteiger partial charge < -0.3 is 25.5 Å². The Morgan fingerprint density at radius 2 is 2.25 bits per heavy atom. The Kier molecular flexibility index (Phi) is 5.51. The molecule has 0 aromatic carbocycles. The van der Waals surface area contributed by atoms with E-state index in [1.807, 2.05) is 0 Å². The molecule has 8 nitrogen and oxygen atoms in total. The van der Waals surface area contributed by atoms with Gasteiger partial charge in [0.2, 0.25) is 0 Å². The van der Waals surface area contributed by atoms with Gasteiger partial charge in [-0.15, -0.1) is 0 Å². The average molecular weight is 284 g/mol. The molecule has 0 bridgehead atoms. The zero-order chi connectivity index (χ0) is 15.2. The standard InChI is InChI=1S/C12H20N4O4/c1-12(2,6-20-3)16-11(19)15-9(10(17)18)4-8-5-13-7-14-8/h5,7,9H,4,6H2,1-3H3,(H,13,14)(H,17,18)(H2,15,16,19)/t9-/m0/s1. The first-order chi connectivity index (χ1) is 9.34. The molecule has 0 radical (unpaired) electrons. The molecule has 1 aromatic heterocycles. The van der Waals surface area contributed by atoms with Crippen molar-refractivity contribution in [1.82, 2.24) is 20.6 Å². The number of hydrogen-bond acceptors (Lipinski definition) is 4. The van der Waals surface area contributed by atoms with Gasteiger partial charge in [0.05, 0.1) is 18.5 Å². The van der Waals surface area contributed by atoms with Gasteiger partial charge in [0.25, 0.3) is 0 Å². The van der Waals surface area contributed by atoms with Crippen LogP contribution < -0.4 is 10.6 Å². The van der Waals surface area contributed by atoms with Crippen molar-refractivity contribution in [3.63, 3.8) is 0 Å². The fourth-order valence-electron chi connectivity index (χ4n) is 1.71. The predicted molar refractivity (Wildman–Crippen MR) is 71.3 cm³/mol. The van der Waals surface area contributed by atoms with Crippen LogP contribution in [0.4, 0.5) is 4.79 Å². The third-order valence-corrected chi connectivity index (χ3v) is 2.54. The topological polar surface area (TPSA) is 116 Å². The maximum absolute atomic E-state index is 11.8. The Hall–Kier alpha value is -2.09. The normalized spacial score (nSPS) is 12.8. The highest BCUT2D eigenvalue weighted by Gasteiger charge is 2.25. The van der Waals surface area contributed by atoms with Gasteiger partial charge in [-0.05, 0) is 13.8 Å². The van der Waals surface area contributed by atoms with Crippen LogP contribution in [0, 0.1) is 0 Å². The second kappa shape index (κ2) is 6.90. The summed E-state index contributed by atoms with van der Waals surface area (Å²) < 4.78 is 4.97. The SMILES string of the molecule is COCC(C)(C)NC(=O)N[C@@H](Cc1cnc[nH]1)C(=O)O. The zero-order valence-corrected chi connectivity index (χ0v) is 11.8. The zero-order valence-electron chi connectivity index (χ0n) is 11.8. The predicted octanol–water partition coefficient (Wildman–Crippen LogP) is 0.130. The second-order valence-corrected chi connectivity index (χ2v) is 5.09. The van der Waals surface area contributed by atoms with Gasteiger partial charge in [0.15, 0.2) is 0 Å². The summed E-state index contributed by atoms with van der Waals surface area (Å²) in [6, 6.07) is -1.59. The third kappa shape index (κ3) is 5.27. The number of imidazole rings is 1. The number of carboxylic acid groups (broad SMARTS) is 1. The summed E-state index contributed by atoms with van der Waals surface area (Å²) in [5.74, 6) is -1.11. The number of aliphatic carboxylic acids is 1. The summed E-state index contributed by atoms with van der Waals surface area (Å²) in [5.41, 5.74) is 0.0458. The first-order valence-electron chi connectivity index (χ1n) is 6.12. The molecule has 0 spiro atoms. The minimum absolute atomic E-state index is 0.132. The number of H-pyrrole nitrogens is 1. The van der Waals surface area contributed by atoms with E-state index in [1.54, 1.807) is 13.8 Å². The van der Waals surface area contributed by atoms with Crippen LogP contribution in [-0.4, -0.2) is 52.4 Å². The molecule has 0 unspecified atom stereocenters. The lowest BCUT2D eigenvalue weighted by molar-refractivity contribution is -0.139. The molecule has 1 heterocycles. The molecule has 4 N–H and O–H groups in total. The van der Waals surface area contributed by atoms with Crippen LogP contribution in [0.2, 0.25) is 0 Å². The summed E-state index contributed by atoms with van der Waals surface area (Å²) in [4.78, 5) is 29.6. The number of aromatic nitrogens is 2. The quantitative estimate of drug-likeness (QED) is 0.568. The number of nitrogens with one attached hydrogen (secondary N) is 3. The van der Waals surface area contributed by atoms with Crippen LogP contribution in [0.25, 0.3) is 0 Å². The molecule has 8 heteroatoms. The van der Waals surface area contributed by atoms with Gasteiger partial charge in [-0.25, -0.2) is 14.6 Å². The number of hydrogen-bond donors (Lipinski definition) is 4. The molecule has 0 saturated carbocycles. The Balaban J connectivity index is 2.57. The number of methoxy groups -OCH3 is 1. The van der Waals surface area contributed by atoms with Crippen molar-refractivity contribution < 1.29 is 19.4 Å². The van der Waals surface area contributed by atoms with Crippen molar-refractivity contribution in [1.29, 1.82) is 0 Å². The maximum atomic E-state index is 11.8. The number of ether oxygens (including phenoxy) is 1. The summed E-state index contributed by atoms with van der Waals surface area (Å²) in [5, 5.41) is 14.2. The molecular formula is C12H20N4O4. The second-order valence-electron chi connectivity index (χ2n) is 5.09. The number of carbonyl (C=O) groups excluding carboxylic acids is 1. The van der Waals surface area contributed by atoms with Crippen molar-refractivity contribution in [3.05, 3.63) is 18.2 Å². The highest BCUT2D eigenvalue weighted by molar-refractivity contribution is 5.83. The van der Waals surface area contributed by atoms with E-state index in [0.717, 1.165) is 0 Å². The smallest absolute Gasteiger partial charge is 0.326 e. The van der Waals surface area contributed by atoms with Gasteiger partial charge in [-0.3, -0.25) is 0 Å². The Labute approximate surface area is 116 Å². The lowest BCUT2D eigenvalue weighted by Crippen LogP contribution is -2.54. The van der Waals surface area contributed by atoms with Crippen LogP contribution in [0.3, 0.4) is 0 Å². The molecule has 0 aliphatic rings.